The van der Waals surface area contributed by atoms with Crippen molar-refractivity contribution < 1.29 is 19.8 Å². The highest BCUT2D eigenvalue weighted by atomic mass is 32.1. The Labute approximate surface area is 171 Å². The SMILES string of the molecule is CCC#CC[C@@H](C)[C@H](O)/C=C/C1CCC(=O)N1CCCc1ccc(C(=O)O)s1. The Morgan fingerprint density at radius 1 is 1.43 bits per heavy atom. The van der Waals surface area contributed by atoms with Crippen LogP contribution in [0.3, 0.4) is 0 Å². The van der Waals surface area contributed by atoms with Gasteiger partial charge in [-0.3, -0.25) is 4.79 Å². The number of carbonyl (C=O) groups excluding carboxylic acids is 1. The summed E-state index contributed by atoms with van der Waals surface area (Å²) in [7, 11) is 0. The fourth-order valence-electron chi connectivity index (χ4n) is 3.21. The lowest BCUT2D eigenvalue weighted by molar-refractivity contribution is -0.128. The van der Waals surface area contributed by atoms with Crippen LogP contribution in [0, 0.1) is 17.8 Å². The number of nitrogens with zero attached hydrogens (tertiary/aromatic N) is 1. The van der Waals surface area contributed by atoms with E-state index in [-0.39, 0.29) is 17.9 Å². The van der Waals surface area contributed by atoms with Gasteiger partial charge in [0.15, 0.2) is 0 Å². The van der Waals surface area contributed by atoms with Crippen molar-refractivity contribution in [2.24, 2.45) is 5.92 Å². The number of aliphatic hydroxyl groups is 1. The second kappa shape index (κ2) is 11.0. The highest BCUT2D eigenvalue weighted by Crippen LogP contribution is 2.23. The van der Waals surface area contributed by atoms with Crippen molar-refractivity contribution in [2.45, 2.75) is 64.5 Å². The van der Waals surface area contributed by atoms with Gasteiger partial charge < -0.3 is 15.1 Å². The Hall–Kier alpha value is -2.10. The number of aryl methyl sites for hydroxylation is 1. The molecule has 152 valence electrons. The molecule has 0 bridgehead atoms. The Morgan fingerprint density at radius 2 is 2.21 bits per heavy atom. The zero-order chi connectivity index (χ0) is 20.5. The Kier molecular flexibility index (Phi) is 8.75. The molecule has 1 unspecified atom stereocenters. The normalized spacial score (nSPS) is 18.9. The summed E-state index contributed by atoms with van der Waals surface area (Å²) in [5.41, 5.74) is 0. The van der Waals surface area contributed by atoms with Crippen LogP contribution in [-0.2, 0) is 11.2 Å². The molecule has 1 saturated heterocycles. The lowest BCUT2D eigenvalue weighted by atomic mass is 10.00. The summed E-state index contributed by atoms with van der Waals surface area (Å²) in [5, 5.41) is 19.3. The number of rotatable bonds is 9. The van der Waals surface area contributed by atoms with Crippen molar-refractivity contribution >= 4 is 23.2 Å². The first-order valence-electron chi connectivity index (χ1n) is 9.86. The third-order valence-electron chi connectivity index (χ3n) is 4.91. The number of carboxylic acid groups (broad SMARTS) is 1. The van der Waals surface area contributed by atoms with Crippen LogP contribution in [0.15, 0.2) is 24.3 Å². The van der Waals surface area contributed by atoms with Crippen LogP contribution in [0.4, 0.5) is 0 Å². The zero-order valence-corrected chi connectivity index (χ0v) is 17.4. The van der Waals surface area contributed by atoms with E-state index in [2.05, 4.69) is 11.8 Å². The molecule has 1 amide bonds. The minimum Gasteiger partial charge on any atom is -0.477 e. The van der Waals surface area contributed by atoms with Crippen LogP contribution in [-0.4, -0.2) is 45.7 Å². The maximum absolute atomic E-state index is 12.2. The van der Waals surface area contributed by atoms with E-state index in [9.17, 15) is 14.7 Å². The van der Waals surface area contributed by atoms with Crippen LogP contribution >= 0.6 is 11.3 Å². The van der Waals surface area contributed by atoms with Gasteiger partial charge in [0, 0.05) is 30.7 Å². The van der Waals surface area contributed by atoms with Gasteiger partial charge in [-0.15, -0.1) is 23.2 Å². The quantitative estimate of drug-likeness (QED) is 0.486. The number of aliphatic hydroxyl groups excluding tert-OH is 1. The summed E-state index contributed by atoms with van der Waals surface area (Å²) in [4.78, 5) is 26.4. The van der Waals surface area contributed by atoms with Crippen molar-refractivity contribution in [1.82, 2.24) is 4.90 Å². The lowest BCUT2D eigenvalue weighted by Crippen LogP contribution is -2.33. The van der Waals surface area contributed by atoms with E-state index >= 15 is 0 Å². The van der Waals surface area contributed by atoms with Gasteiger partial charge in [0.05, 0.1) is 12.1 Å². The van der Waals surface area contributed by atoms with Gasteiger partial charge in [-0.25, -0.2) is 4.79 Å². The molecule has 28 heavy (non-hydrogen) atoms. The van der Waals surface area contributed by atoms with E-state index in [0.29, 0.717) is 24.3 Å². The average molecular weight is 404 g/mol. The standard InChI is InChI=1S/C22H29NO4S/c1-3-4-5-7-16(2)19(24)12-9-17-10-14-21(25)23(17)15-6-8-18-11-13-20(28-18)22(26)27/h9,11-13,16-17,19,24H,3,6-8,10,14-15H2,1-2H3,(H,26,27)/b12-9+/t16-,17?,19-/m1/s1. The monoisotopic (exact) mass is 403 g/mol. The molecule has 0 spiro atoms. The smallest absolute Gasteiger partial charge is 0.345 e. The van der Waals surface area contributed by atoms with Gasteiger partial charge in [-0.05, 0) is 37.3 Å². The fraction of sp³-hybridized carbons (Fsp3) is 0.545. The summed E-state index contributed by atoms with van der Waals surface area (Å²) in [5.74, 6) is 5.39. The Morgan fingerprint density at radius 3 is 2.89 bits per heavy atom. The van der Waals surface area contributed by atoms with Crippen LogP contribution in [0.25, 0.3) is 0 Å². The Bertz CT molecular complexity index is 758. The lowest BCUT2D eigenvalue weighted by Gasteiger charge is -2.23. The molecule has 1 aliphatic rings. The van der Waals surface area contributed by atoms with Crippen LogP contribution < -0.4 is 0 Å². The number of likely N-dealkylation sites (tertiary alicyclic amines) is 1. The van der Waals surface area contributed by atoms with Crippen LogP contribution in [0.2, 0.25) is 0 Å². The maximum atomic E-state index is 12.2. The second-order valence-corrected chi connectivity index (χ2v) is 8.30. The number of carbonyl (C=O) groups is 2. The fourth-order valence-corrected chi connectivity index (χ4v) is 4.10. The average Bonchev–Trinajstić information content (AvgIpc) is 3.27. The first-order valence-corrected chi connectivity index (χ1v) is 10.7. The van der Waals surface area contributed by atoms with Crippen molar-refractivity contribution in [3.8, 4) is 11.8 Å². The molecule has 1 fully saturated rings. The summed E-state index contributed by atoms with van der Waals surface area (Å²) in [6.07, 6.45) is 7.52. The van der Waals surface area contributed by atoms with E-state index < -0.39 is 12.1 Å². The molecule has 1 aliphatic heterocycles. The largest absolute Gasteiger partial charge is 0.477 e. The molecule has 2 heterocycles. The van der Waals surface area contributed by atoms with Gasteiger partial charge in [-0.2, -0.15) is 0 Å². The van der Waals surface area contributed by atoms with Gasteiger partial charge in [0.1, 0.15) is 4.88 Å². The van der Waals surface area contributed by atoms with Crippen molar-refractivity contribution in [1.29, 1.82) is 0 Å². The third kappa shape index (κ3) is 6.50. The molecular weight excluding hydrogens is 374 g/mol. The second-order valence-electron chi connectivity index (χ2n) is 7.13. The number of thiophene rings is 1. The van der Waals surface area contributed by atoms with Crippen molar-refractivity contribution in [3.63, 3.8) is 0 Å². The minimum atomic E-state index is -0.898. The molecule has 3 atom stereocenters. The molecule has 5 nitrogen and oxygen atoms in total. The highest BCUT2D eigenvalue weighted by Gasteiger charge is 2.28. The van der Waals surface area contributed by atoms with Gasteiger partial charge in [-0.1, -0.05) is 26.0 Å². The molecule has 0 saturated carbocycles. The Balaban J connectivity index is 1.85. The van der Waals surface area contributed by atoms with Crippen molar-refractivity contribution in [2.75, 3.05) is 6.54 Å². The zero-order valence-electron chi connectivity index (χ0n) is 16.6. The number of hydrogen-bond donors (Lipinski definition) is 2. The molecule has 0 aliphatic carbocycles. The molecule has 2 rings (SSSR count). The number of aromatic carboxylic acids is 1. The predicted molar refractivity (Wildman–Crippen MR) is 111 cm³/mol. The maximum Gasteiger partial charge on any atom is 0.345 e. The molecule has 2 N–H and O–H groups in total. The molecule has 6 heteroatoms. The number of carboxylic acids is 1. The van der Waals surface area contributed by atoms with Crippen molar-refractivity contribution in [3.05, 3.63) is 34.0 Å². The summed E-state index contributed by atoms with van der Waals surface area (Å²) in [6.45, 7) is 4.62. The highest BCUT2D eigenvalue weighted by molar-refractivity contribution is 7.13. The van der Waals surface area contributed by atoms with Gasteiger partial charge in [0.2, 0.25) is 5.91 Å². The molecule has 1 aromatic rings. The van der Waals surface area contributed by atoms with E-state index in [1.807, 2.05) is 30.9 Å². The minimum absolute atomic E-state index is 0.0222. The van der Waals surface area contributed by atoms with E-state index in [1.54, 1.807) is 12.1 Å². The topological polar surface area (TPSA) is 77.8 Å². The predicted octanol–water partition coefficient (Wildman–Crippen LogP) is 3.73. The summed E-state index contributed by atoms with van der Waals surface area (Å²) >= 11 is 1.29. The summed E-state index contributed by atoms with van der Waals surface area (Å²) in [6, 6.07) is 3.49. The molecule has 0 radical (unpaired) electrons. The van der Waals surface area contributed by atoms with Crippen LogP contribution in [0.5, 0.6) is 0 Å². The van der Waals surface area contributed by atoms with Crippen LogP contribution in [0.1, 0.15) is 60.5 Å². The number of hydrogen-bond acceptors (Lipinski definition) is 4. The molecule has 1 aromatic heterocycles. The van der Waals surface area contributed by atoms with E-state index in [1.165, 1.54) is 11.3 Å². The van der Waals surface area contributed by atoms with Gasteiger partial charge >= 0.3 is 5.97 Å². The molecule has 0 aromatic carbocycles. The first-order chi connectivity index (χ1) is 13.4. The third-order valence-corrected chi connectivity index (χ3v) is 6.04. The van der Waals surface area contributed by atoms with Gasteiger partial charge in [0.25, 0.3) is 0 Å². The van der Waals surface area contributed by atoms with E-state index in [4.69, 9.17) is 5.11 Å². The first kappa shape index (κ1) is 22.2. The molecular formula is C22H29NO4S. The number of amides is 1. The van der Waals surface area contributed by atoms with E-state index in [0.717, 1.165) is 30.6 Å². The summed E-state index contributed by atoms with van der Waals surface area (Å²) < 4.78 is 0.